The Kier molecular flexibility index (Phi) is 7.79. The highest BCUT2D eigenvalue weighted by atomic mass is 16.5. The van der Waals surface area contributed by atoms with Gasteiger partial charge in [0.15, 0.2) is 0 Å². The Morgan fingerprint density at radius 3 is 2.45 bits per heavy atom. The van der Waals surface area contributed by atoms with E-state index in [-0.39, 0.29) is 23.1 Å². The molecule has 2 fully saturated rings. The lowest BCUT2D eigenvalue weighted by Gasteiger charge is -2.36. The number of aliphatic imine (C=N–C) groups is 1. The Morgan fingerprint density at radius 1 is 0.707 bits per heavy atom. The van der Waals surface area contributed by atoms with Crippen LogP contribution in [0, 0.1) is 17.8 Å². The summed E-state index contributed by atoms with van der Waals surface area (Å²) in [4.78, 5) is 5.31. The van der Waals surface area contributed by atoms with Crippen molar-refractivity contribution in [2.75, 3.05) is 0 Å². The Hall–Kier alpha value is -5.41. The van der Waals surface area contributed by atoms with Gasteiger partial charge in [0, 0.05) is 34.4 Å². The average Bonchev–Trinajstić information content (AvgIpc) is 3.86. The number of hydrogen-bond donors (Lipinski definition) is 1. The molecule has 0 aromatic heterocycles. The fraction of sp³-hybridized carbons (Fsp3) is 0.327. The summed E-state index contributed by atoms with van der Waals surface area (Å²) in [5, 5.41) is 3.98. The van der Waals surface area contributed by atoms with Gasteiger partial charge in [0.2, 0.25) is 5.90 Å². The molecule has 1 spiro atoms. The van der Waals surface area contributed by atoms with Crippen molar-refractivity contribution in [3.8, 4) is 22.3 Å². The Balaban J connectivity index is 0.886. The predicted molar refractivity (Wildman–Crippen MR) is 238 cm³/mol. The fourth-order valence-electron chi connectivity index (χ4n) is 12.4. The molecule has 58 heavy (non-hydrogen) atoms. The minimum atomic E-state index is -0.130. The molecule has 0 amide bonds. The van der Waals surface area contributed by atoms with Crippen molar-refractivity contribution in [3.05, 3.63) is 184 Å². The molecule has 3 heteroatoms. The van der Waals surface area contributed by atoms with E-state index in [2.05, 4.69) is 153 Å². The van der Waals surface area contributed by atoms with Crippen LogP contribution in [0.1, 0.15) is 99.5 Å². The van der Waals surface area contributed by atoms with Gasteiger partial charge in [-0.15, -0.1) is 0 Å². The van der Waals surface area contributed by atoms with Gasteiger partial charge < -0.3 is 10.1 Å². The number of rotatable bonds is 4. The summed E-state index contributed by atoms with van der Waals surface area (Å²) in [6.07, 6.45) is 40.4. The Bertz CT molecular complexity index is 2600. The van der Waals surface area contributed by atoms with Crippen molar-refractivity contribution in [3.63, 3.8) is 0 Å². The zero-order valence-corrected chi connectivity index (χ0v) is 33.8. The molecule has 1 saturated heterocycles. The van der Waals surface area contributed by atoms with E-state index in [0.29, 0.717) is 17.8 Å². The van der Waals surface area contributed by atoms with Crippen LogP contribution < -0.4 is 5.32 Å². The summed E-state index contributed by atoms with van der Waals surface area (Å²) in [7, 11) is 0. The third-order valence-electron chi connectivity index (χ3n) is 15.3. The average molecular weight is 757 g/mol. The Morgan fingerprint density at radius 2 is 1.55 bits per heavy atom. The summed E-state index contributed by atoms with van der Waals surface area (Å²) in [6, 6.07) is 21.7. The second-order valence-electron chi connectivity index (χ2n) is 18.7. The first-order valence-corrected chi connectivity index (χ1v) is 22.1. The van der Waals surface area contributed by atoms with Crippen LogP contribution in [0.5, 0.6) is 0 Å². The second-order valence-corrected chi connectivity index (χ2v) is 18.7. The predicted octanol–water partition coefficient (Wildman–Crippen LogP) is 12.7. The van der Waals surface area contributed by atoms with E-state index in [0.717, 1.165) is 31.6 Å². The zero-order chi connectivity index (χ0) is 38.6. The number of benzene rings is 3. The molecule has 12 rings (SSSR count). The maximum Gasteiger partial charge on any atom is 0.221 e. The largest absolute Gasteiger partial charge is 0.469 e. The molecule has 1 N–H and O–H groups in total. The van der Waals surface area contributed by atoms with Crippen LogP contribution in [0.25, 0.3) is 27.8 Å². The van der Waals surface area contributed by atoms with Gasteiger partial charge in [-0.05, 0) is 117 Å². The minimum absolute atomic E-state index is 0.0249. The topological polar surface area (TPSA) is 33.6 Å². The molecule has 9 aliphatic rings. The monoisotopic (exact) mass is 756 g/mol. The molecule has 7 aliphatic carbocycles. The number of allylic oxidation sites excluding steroid dienone is 13. The summed E-state index contributed by atoms with van der Waals surface area (Å²) in [5.41, 5.74) is 19.9. The summed E-state index contributed by atoms with van der Waals surface area (Å²) in [6.45, 7) is 4.86. The van der Waals surface area contributed by atoms with E-state index in [4.69, 9.17) is 9.73 Å². The molecule has 0 bridgehead atoms. The van der Waals surface area contributed by atoms with Crippen LogP contribution in [0.4, 0.5) is 0 Å². The summed E-state index contributed by atoms with van der Waals surface area (Å²) < 4.78 is 6.60. The minimum Gasteiger partial charge on any atom is -0.469 e. The first-order chi connectivity index (χ1) is 28.5. The maximum absolute atomic E-state index is 6.60. The first kappa shape index (κ1) is 34.6. The lowest BCUT2D eigenvalue weighted by molar-refractivity contribution is 0.248. The third kappa shape index (κ3) is 5.07. The van der Waals surface area contributed by atoms with Gasteiger partial charge in [-0.1, -0.05) is 155 Å². The van der Waals surface area contributed by atoms with Crippen molar-refractivity contribution in [2.24, 2.45) is 22.7 Å². The van der Waals surface area contributed by atoms with Crippen molar-refractivity contribution >= 4 is 11.5 Å². The van der Waals surface area contributed by atoms with Gasteiger partial charge in [-0.25, -0.2) is 4.99 Å². The van der Waals surface area contributed by atoms with Crippen molar-refractivity contribution < 1.29 is 4.74 Å². The number of hydrogen-bond acceptors (Lipinski definition) is 3. The van der Waals surface area contributed by atoms with E-state index >= 15 is 0 Å². The van der Waals surface area contributed by atoms with Crippen LogP contribution in [0.3, 0.4) is 0 Å². The van der Waals surface area contributed by atoms with Gasteiger partial charge in [0.1, 0.15) is 12.3 Å². The van der Waals surface area contributed by atoms with Crippen molar-refractivity contribution in [2.45, 2.75) is 94.7 Å². The maximum atomic E-state index is 6.60. The van der Waals surface area contributed by atoms with Gasteiger partial charge in [0.25, 0.3) is 0 Å². The first-order valence-electron chi connectivity index (χ1n) is 22.1. The van der Waals surface area contributed by atoms with E-state index in [1.54, 1.807) is 11.1 Å². The van der Waals surface area contributed by atoms with Crippen molar-refractivity contribution in [1.82, 2.24) is 5.32 Å². The van der Waals surface area contributed by atoms with E-state index in [1.165, 1.54) is 99.0 Å². The van der Waals surface area contributed by atoms with E-state index < -0.39 is 0 Å². The lowest BCUT2D eigenvalue weighted by Crippen LogP contribution is -2.38. The highest BCUT2D eigenvalue weighted by Gasteiger charge is 2.47. The molecule has 5 atom stereocenters. The van der Waals surface area contributed by atoms with E-state index in [9.17, 15) is 0 Å². The standard InChI is InChI=1S/C55H52N2O/c1-54(2)44-25-9-7-22-40(44)42-32-47-43(33-46(42)54)49-39(24-15-26-45(49)55(47)28-11-4-12-29-55)37-20-13-18-35(30-37)36-19-14-21-38(31-36)52-56-51(34-16-5-3-6-17-34)50-41-23-8-10-27-48(41)58-53(50)57-52/h3,5-10,13-16,19-26,30,32-36,48,52,56H,4,11-12,17-18,27-29,31H2,1-2H3. The smallest absolute Gasteiger partial charge is 0.221 e. The van der Waals surface area contributed by atoms with Crippen LogP contribution in [-0.2, 0) is 15.6 Å². The van der Waals surface area contributed by atoms with Crippen LogP contribution in [0.15, 0.2) is 161 Å². The zero-order valence-electron chi connectivity index (χ0n) is 33.8. The molecule has 2 aliphatic heterocycles. The van der Waals surface area contributed by atoms with E-state index in [1.807, 2.05) is 0 Å². The molecule has 288 valence electrons. The fourth-order valence-corrected chi connectivity index (χ4v) is 12.4. The summed E-state index contributed by atoms with van der Waals surface area (Å²) >= 11 is 0. The molecule has 3 aromatic carbocycles. The highest BCUT2D eigenvalue weighted by molar-refractivity contribution is 6.03. The SMILES string of the molecule is CC1(C)c2ccccc2-c2cc3c(cc21)-c1c(C2=CC(C4C=CC=C(C5N=C6OC7CC=CC=C7C6=C(C6C=CC=CC6)N5)C4)CC=C2)cccc1C31CCCCC1. The molecule has 3 nitrogen and oxygen atoms in total. The normalized spacial score (nSPS) is 28.6. The molecule has 1 saturated carbocycles. The van der Waals surface area contributed by atoms with Crippen molar-refractivity contribution in [1.29, 1.82) is 0 Å². The number of ether oxygens (including phenoxy) is 1. The lowest BCUT2D eigenvalue weighted by atomic mass is 9.67. The molecule has 0 radical (unpaired) electrons. The molecule has 5 unspecified atom stereocenters. The number of fused-ring (bicyclic) bond motifs is 11. The molecule has 3 aromatic rings. The Labute approximate surface area is 343 Å². The third-order valence-corrected chi connectivity index (χ3v) is 15.3. The van der Waals surface area contributed by atoms with Crippen LogP contribution >= 0.6 is 0 Å². The highest BCUT2D eigenvalue weighted by Crippen LogP contribution is 2.61. The van der Waals surface area contributed by atoms with Gasteiger partial charge in [0.05, 0.1) is 5.57 Å². The quantitative estimate of drug-likeness (QED) is 0.288. The number of nitrogens with one attached hydrogen (secondary N) is 1. The molecular formula is C55H52N2O. The summed E-state index contributed by atoms with van der Waals surface area (Å²) in [5.74, 6) is 1.91. The molecule has 2 heterocycles. The van der Waals surface area contributed by atoms with Crippen LogP contribution in [-0.4, -0.2) is 18.2 Å². The van der Waals surface area contributed by atoms with Crippen LogP contribution in [0.2, 0.25) is 0 Å². The van der Waals surface area contributed by atoms with Gasteiger partial charge in [-0.3, -0.25) is 0 Å². The van der Waals surface area contributed by atoms with Gasteiger partial charge >= 0.3 is 0 Å². The van der Waals surface area contributed by atoms with Gasteiger partial charge in [-0.2, -0.15) is 0 Å². The molecular weight excluding hydrogens is 705 g/mol. The number of nitrogens with zero attached hydrogens (tertiary/aromatic N) is 1. The second kappa shape index (κ2) is 13.0.